The Morgan fingerprint density at radius 2 is 1.04 bits per heavy atom. The number of aromatic nitrogens is 5. The third kappa shape index (κ3) is 4.37. The predicted octanol–water partition coefficient (Wildman–Crippen LogP) is 9.91. The van der Waals surface area contributed by atoms with Crippen LogP contribution >= 0.6 is 0 Å². The molecule has 0 radical (unpaired) electrons. The molecule has 0 fully saturated rings. The second-order valence-electron chi connectivity index (χ2n) is 11.4. The van der Waals surface area contributed by atoms with Crippen molar-refractivity contribution in [2.45, 2.75) is 0 Å². The average Bonchev–Trinajstić information content (AvgIpc) is 3.70. The molecule has 9 rings (SSSR count). The first-order chi connectivity index (χ1) is 22.8. The van der Waals surface area contributed by atoms with Gasteiger partial charge in [-0.1, -0.05) is 109 Å². The van der Waals surface area contributed by atoms with E-state index in [2.05, 4.69) is 108 Å². The molecule has 0 aliphatic heterocycles. The van der Waals surface area contributed by atoms with Crippen LogP contribution in [0.5, 0.6) is 0 Å². The Bertz CT molecular complexity index is 2460. The van der Waals surface area contributed by atoms with Crippen LogP contribution in [0.1, 0.15) is 0 Å². The summed E-state index contributed by atoms with van der Waals surface area (Å²) in [5.74, 6) is 0.704. The van der Waals surface area contributed by atoms with Crippen LogP contribution in [-0.4, -0.2) is 24.3 Å². The SMILES string of the molecule is c1ccc(-c2cc(-c3cccc(-n4c5ccccc5c5cc6cnn(-c7ccccc7)c6cc54)c3)nc(-c3ccccc3)n2)cc1. The zero-order valence-electron chi connectivity index (χ0n) is 24.8. The van der Waals surface area contributed by atoms with Gasteiger partial charge in [0, 0.05) is 38.5 Å². The topological polar surface area (TPSA) is 48.5 Å². The van der Waals surface area contributed by atoms with Crippen LogP contribution in [0, 0.1) is 0 Å². The Balaban J connectivity index is 1.26. The molecule has 0 aliphatic carbocycles. The summed E-state index contributed by atoms with van der Waals surface area (Å²) >= 11 is 0. The molecule has 0 spiro atoms. The van der Waals surface area contributed by atoms with Crippen LogP contribution in [0.2, 0.25) is 0 Å². The molecule has 0 bridgehead atoms. The highest BCUT2D eigenvalue weighted by molar-refractivity contribution is 6.13. The molecule has 9 aromatic rings. The number of benzene rings is 6. The summed E-state index contributed by atoms with van der Waals surface area (Å²) in [6, 6.07) is 54.7. The quantitative estimate of drug-likeness (QED) is 0.201. The molecule has 0 saturated heterocycles. The summed E-state index contributed by atoms with van der Waals surface area (Å²) in [4.78, 5) is 10.1. The van der Waals surface area contributed by atoms with Gasteiger partial charge in [-0.15, -0.1) is 0 Å². The third-order valence-corrected chi connectivity index (χ3v) is 8.59. The Labute approximate surface area is 265 Å². The molecule has 0 N–H and O–H groups in total. The van der Waals surface area contributed by atoms with Crippen LogP contribution in [0.25, 0.3) is 78.0 Å². The molecule has 3 aromatic heterocycles. The van der Waals surface area contributed by atoms with E-state index in [4.69, 9.17) is 15.1 Å². The summed E-state index contributed by atoms with van der Waals surface area (Å²) in [6.45, 7) is 0. The van der Waals surface area contributed by atoms with Gasteiger partial charge < -0.3 is 4.57 Å². The number of para-hydroxylation sites is 2. The fraction of sp³-hybridized carbons (Fsp3) is 0. The van der Waals surface area contributed by atoms with Crippen molar-refractivity contribution in [1.29, 1.82) is 0 Å². The molecule has 0 saturated carbocycles. The first kappa shape index (κ1) is 26.1. The van der Waals surface area contributed by atoms with Crippen molar-refractivity contribution < 1.29 is 0 Å². The number of hydrogen-bond acceptors (Lipinski definition) is 3. The normalized spacial score (nSPS) is 11.5. The number of rotatable bonds is 5. The van der Waals surface area contributed by atoms with E-state index in [9.17, 15) is 0 Å². The lowest BCUT2D eigenvalue weighted by molar-refractivity contribution is 0.911. The van der Waals surface area contributed by atoms with Crippen molar-refractivity contribution in [3.05, 3.63) is 164 Å². The highest BCUT2D eigenvalue weighted by atomic mass is 15.3. The maximum Gasteiger partial charge on any atom is 0.160 e. The van der Waals surface area contributed by atoms with E-state index in [1.54, 1.807) is 0 Å². The van der Waals surface area contributed by atoms with Gasteiger partial charge in [0.25, 0.3) is 0 Å². The molecule has 5 nitrogen and oxygen atoms in total. The van der Waals surface area contributed by atoms with Crippen LogP contribution in [-0.2, 0) is 0 Å². The summed E-state index contributed by atoms with van der Waals surface area (Å²) in [5, 5.41) is 8.27. The predicted molar refractivity (Wildman–Crippen MR) is 187 cm³/mol. The van der Waals surface area contributed by atoms with E-state index in [0.717, 1.165) is 61.4 Å². The molecule has 46 heavy (non-hydrogen) atoms. The molecular weight excluding hydrogens is 562 g/mol. The maximum atomic E-state index is 5.09. The molecule has 3 heterocycles. The van der Waals surface area contributed by atoms with Gasteiger partial charge in [-0.2, -0.15) is 5.10 Å². The van der Waals surface area contributed by atoms with Gasteiger partial charge in [-0.3, -0.25) is 0 Å². The van der Waals surface area contributed by atoms with Crippen LogP contribution < -0.4 is 0 Å². The van der Waals surface area contributed by atoms with Crippen molar-refractivity contribution >= 4 is 32.7 Å². The smallest absolute Gasteiger partial charge is 0.160 e. The van der Waals surface area contributed by atoms with Gasteiger partial charge in [0.05, 0.1) is 39.8 Å². The lowest BCUT2D eigenvalue weighted by Gasteiger charge is -2.12. The summed E-state index contributed by atoms with van der Waals surface area (Å²) in [5.41, 5.74) is 10.3. The second-order valence-corrected chi connectivity index (χ2v) is 11.4. The molecule has 5 heteroatoms. The van der Waals surface area contributed by atoms with Gasteiger partial charge in [0.2, 0.25) is 0 Å². The Morgan fingerprint density at radius 3 is 1.83 bits per heavy atom. The van der Waals surface area contributed by atoms with Crippen LogP contribution in [0.15, 0.2) is 164 Å². The molecule has 0 atom stereocenters. The first-order valence-corrected chi connectivity index (χ1v) is 15.4. The van der Waals surface area contributed by atoms with Gasteiger partial charge in [0.15, 0.2) is 5.82 Å². The van der Waals surface area contributed by atoms with Crippen molar-refractivity contribution in [2.75, 3.05) is 0 Å². The molecule has 0 amide bonds. The van der Waals surface area contributed by atoms with Gasteiger partial charge >= 0.3 is 0 Å². The Hall–Kier alpha value is -6.33. The van der Waals surface area contributed by atoms with Crippen molar-refractivity contribution in [2.24, 2.45) is 0 Å². The Morgan fingerprint density at radius 1 is 0.413 bits per heavy atom. The molecule has 0 aliphatic rings. The standard InChI is InChI=1S/C41H27N5/c1-4-13-28(14-5-1)36-25-37(44-41(43-36)29-15-6-2-7-16-29)30-17-12-20-33(23-30)45-38-22-11-10-21-34(38)35-24-31-27-42-46(39(31)26-40(35)45)32-18-8-3-9-19-32/h1-27H. The highest BCUT2D eigenvalue weighted by Crippen LogP contribution is 2.36. The minimum atomic E-state index is 0.704. The Kier molecular flexibility index (Phi) is 6.06. The highest BCUT2D eigenvalue weighted by Gasteiger charge is 2.17. The van der Waals surface area contributed by atoms with Crippen LogP contribution in [0.3, 0.4) is 0 Å². The lowest BCUT2D eigenvalue weighted by Crippen LogP contribution is -1.98. The van der Waals surface area contributed by atoms with Crippen molar-refractivity contribution in [3.63, 3.8) is 0 Å². The largest absolute Gasteiger partial charge is 0.309 e. The number of fused-ring (bicyclic) bond motifs is 4. The van der Waals surface area contributed by atoms with E-state index < -0.39 is 0 Å². The van der Waals surface area contributed by atoms with E-state index in [0.29, 0.717) is 5.82 Å². The fourth-order valence-electron chi connectivity index (χ4n) is 6.42. The van der Waals surface area contributed by atoms with Gasteiger partial charge in [-0.25, -0.2) is 14.6 Å². The average molecular weight is 590 g/mol. The number of nitrogens with zero attached hydrogens (tertiary/aromatic N) is 5. The molecule has 0 unspecified atom stereocenters. The van der Waals surface area contributed by atoms with E-state index in [-0.39, 0.29) is 0 Å². The first-order valence-electron chi connectivity index (χ1n) is 15.4. The monoisotopic (exact) mass is 589 g/mol. The minimum absolute atomic E-state index is 0.704. The van der Waals surface area contributed by atoms with Gasteiger partial charge in [0.1, 0.15) is 0 Å². The maximum absolute atomic E-state index is 5.09. The summed E-state index contributed by atoms with van der Waals surface area (Å²) in [6.07, 6.45) is 1.96. The van der Waals surface area contributed by atoms with Crippen molar-refractivity contribution in [3.8, 4) is 45.3 Å². The van der Waals surface area contributed by atoms with E-state index in [1.807, 2.05) is 65.5 Å². The van der Waals surface area contributed by atoms with E-state index >= 15 is 0 Å². The summed E-state index contributed by atoms with van der Waals surface area (Å²) < 4.78 is 4.37. The fourth-order valence-corrected chi connectivity index (χ4v) is 6.42. The summed E-state index contributed by atoms with van der Waals surface area (Å²) in [7, 11) is 0. The van der Waals surface area contributed by atoms with E-state index in [1.165, 1.54) is 10.8 Å². The second kappa shape index (κ2) is 10.7. The zero-order valence-corrected chi connectivity index (χ0v) is 24.8. The third-order valence-electron chi connectivity index (χ3n) is 8.59. The zero-order chi connectivity index (χ0) is 30.5. The minimum Gasteiger partial charge on any atom is -0.309 e. The van der Waals surface area contributed by atoms with Gasteiger partial charge in [-0.05, 0) is 48.5 Å². The molecule has 6 aromatic carbocycles. The molecule has 216 valence electrons. The lowest BCUT2D eigenvalue weighted by atomic mass is 10.1. The molecular formula is C41H27N5. The number of hydrogen-bond donors (Lipinski definition) is 0. The van der Waals surface area contributed by atoms with Crippen LogP contribution in [0.4, 0.5) is 0 Å². The van der Waals surface area contributed by atoms with Crippen molar-refractivity contribution in [1.82, 2.24) is 24.3 Å².